The first-order valence-electron chi connectivity index (χ1n) is 7.92. The first-order chi connectivity index (χ1) is 10.1. The van der Waals surface area contributed by atoms with Gasteiger partial charge in [0.2, 0.25) is 5.92 Å². The molecule has 1 atom stereocenters. The van der Waals surface area contributed by atoms with Gasteiger partial charge in [-0.1, -0.05) is 19.6 Å². The predicted octanol–water partition coefficient (Wildman–Crippen LogP) is 3.76. The number of anilines is 1. The summed E-state index contributed by atoms with van der Waals surface area (Å²) in [5.41, 5.74) is 7.23. The van der Waals surface area contributed by atoms with Gasteiger partial charge in [-0.05, 0) is 24.8 Å². The second kappa shape index (κ2) is 6.66. The fraction of sp³-hybridized carbons (Fsp3) is 0.800. The number of halogens is 2. The van der Waals surface area contributed by atoms with Crippen LogP contribution in [0.3, 0.4) is 0 Å². The molecule has 126 valence electrons. The number of nitrogens with two attached hydrogens (primary N) is 1. The Kier molecular flexibility index (Phi) is 5.27. The van der Waals surface area contributed by atoms with Crippen molar-refractivity contribution in [1.29, 1.82) is 0 Å². The van der Waals surface area contributed by atoms with Gasteiger partial charge < -0.3 is 10.5 Å². The van der Waals surface area contributed by atoms with Gasteiger partial charge in [-0.25, -0.2) is 13.5 Å². The standard InChI is InChI=1S/C15H27F2N3OSi/c1-22(2,3)7-6-21-11-20-10-13(18)14(19-20)8-12-4-5-15(16,17)9-12/h10,12H,4-9,11,18H2,1-3H3. The normalized spacial score (nSPS) is 21.4. The van der Waals surface area contributed by atoms with Crippen molar-refractivity contribution in [2.75, 3.05) is 12.3 Å². The molecule has 0 bridgehead atoms. The number of nitrogen functional groups attached to an aromatic ring is 1. The highest BCUT2D eigenvalue weighted by Gasteiger charge is 2.39. The molecule has 7 heteroatoms. The molecule has 22 heavy (non-hydrogen) atoms. The van der Waals surface area contributed by atoms with Crippen LogP contribution >= 0.6 is 0 Å². The molecule has 1 unspecified atom stereocenters. The number of hydrogen-bond donors (Lipinski definition) is 1. The van der Waals surface area contributed by atoms with Gasteiger partial charge in [0.1, 0.15) is 6.73 Å². The molecule has 0 aromatic carbocycles. The molecular weight excluding hydrogens is 304 g/mol. The maximum atomic E-state index is 13.2. The van der Waals surface area contributed by atoms with Crippen LogP contribution < -0.4 is 5.73 Å². The third-order valence-corrected chi connectivity index (χ3v) is 5.78. The maximum Gasteiger partial charge on any atom is 0.248 e. The highest BCUT2D eigenvalue weighted by molar-refractivity contribution is 6.76. The second-order valence-corrected chi connectivity index (χ2v) is 13.2. The molecule has 1 aliphatic carbocycles. The Morgan fingerprint density at radius 1 is 1.45 bits per heavy atom. The van der Waals surface area contributed by atoms with E-state index in [1.54, 1.807) is 10.9 Å². The summed E-state index contributed by atoms with van der Waals surface area (Å²) in [4.78, 5) is 0. The lowest BCUT2D eigenvalue weighted by Gasteiger charge is -2.15. The van der Waals surface area contributed by atoms with Crippen LogP contribution in [0.25, 0.3) is 0 Å². The van der Waals surface area contributed by atoms with Crippen molar-refractivity contribution in [1.82, 2.24) is 9.78 Å². The Labute approximate surface area is 132 Å². The Morgan fingerprint density at radius 2 is 2.18 bits per heavy atom. The Bertz CT molecular complexity index is 499. The van der Waals surface area contributed by atoms with Crippen molar-refractivity contribution >= 4 is 13.8 Å². The minimum absolute atomic E-state index is 0.0158. The summed E-state index contributed by atoms with van der Waals surface area (Å²) in [5, 5.41) is 4.39. The van der Waals surface area contributed by atoms with Gasteiger partial charge in [0, 0.05) is 27.5 Å². The van der Waals surface area contributed by atoms with E-state index in [9.17, 15) is 8.78 Å². The molecular formula is C15H27F2N3OSi. The predicted molar refractivity (Wildman–Crippen MR) is 86.7 cm³/mol. The van der Waals surface area contributed by atoms with Crippen LogP contribution in [0, 0.1) is 5.92 Å². The molecule has 0 spiro atoms. The lowest BCUT2D eigenvalue weighted by Crippen LogP contribution is -2.22. The molecule has 1 aromatic rings. The van der Waals surface area contributed by atoms with E-state index in [4.69, 9.17) is 10.5 Å². The van der Waals surface area contributed by atoms with E-state index in [0.29, 0.717) is 25.3 Å². The zero-order valence-electron chi connectivity index (χ0n) is 13.7. The van der Waals surface area contributed by atoms with Crippen molar-refractivity contribution in [3.05, 3.63) is 11.9 Å². The Balaban J connectivity index is 1.81. The van der Waals surface area contributed by atoms with E-state index in [2.05, 4.69) is 24.7 Å². The zero-order chi connectivity index (χ0) is 16.4. The summed E-state index contributed by atoms with van der Waals surface area (Å²) >= 11 is 0. The number of hydrogen-bond acceptors (Lipinski definition) is 3. The van der Waals surface area contributed by atoms with Crippen LogP contribution in [0.15, 0.2) is 6.20 Å². The average molecular weight is 331 g/mol. The van der Waals surface area contributed by atoms with Gasteiger partial charge in [-0.2, -0.15) is 5.10 Å². The van der Waals surface area contributed by atoms with E-state index < -0.39 is 14.0 Å². The summed E-state index contributed by atoms with van der Waals surface area (Å²) in [5.74, 6) is -2.53. The number of aromatic nitrogens is 2. The highest BCUT2D eigenvalue weighted by Crippen LogP contribution is 2.40. The fourth-order valence-electron chi connectivity index (χ4n) is 2.73. The van der Waals surface area contributed by atoms with E-state index in [-0.39, 0.29) is 18.8 Å². The minimum atomic E-state index is -2.51. The number of rotatable bonds is 7. The monoisotopic (exact) mass is 331 g/mol. The van der Waals surface area contributed by atoms with Crippen LogP contribution in [0.1, 0.15) is 25.0 Å². The highest BCUT2D eigenvalue weighted by atomic mass is 28.3. The minimum Gasteiger partial charge on any atom is -0.396 e. The molecule has 1 saturated carbocycles. The smallest absolute Gasteiger partial charge is 0.248 e. The Morgan fingerprint density at radius 3 is 2.77 bits per heavy atom. The summed E-state index contributed by atoms with van der Waals surface area (Å²) in [6, 6.07) is 1.10. The molecule has 0 saturated heterocycles. The van der Waals surface area contributed by atoms with Crippen LogP contribution in [-0.4, -0.2) is 30.4 Å². The number of alkyl halides is 2. The molecule has 1 fully saturated rings. The molecule has 0 radical (unpaired) electrons. The molecule has 1 aliphatic rings. The third-order valence-electron chi connectivity index (χ3n) is 4.08. The molecule has 2 rings (SSSR count). The molecule has 0 aliphatic heterocycles. The summed E-state index contributed by atoms with van der Waals surface area (Å²) in [6.45, 7) is 8.00. The van der Waals surface area contributed by atoms with Crippen molar-refractivity contribution in [2.24, 2.45) is 5.92 Å². The molecule has 2 N–H and O–H groups in total. The van der Waals surface area contributed by atoms with E-state index in [1.165, 1.54) is 0 Å². The molecule has 0 amide bonds. The topological polar surface area (TPSA) is 53.1 Å². The van der Waals surface area contributed by atoms with E-state index >= 15 is 0 Å². The number of nitrogens with zero attached hydrogens (tertiary/aromatic N) is 2. The third kappa shape index (κ3) is 5.35. The van der Waals surface area contributed by atoms with Crippen LogP contribution in [0.4, 0.5) is 14.5 Å². The molecule has 1 aromatic heterocycles. The molecule has 1 heterocycles. The number of ether oxygens (including phenoxy) is 1. The van der Waals surface area contributed by atoms with Gasteiger partial charge >= 0.3 is 0 Å². The van der Waals surface area contributed by atoms with Crippen molar-refractivity contribution in [2.45, 2.75) is 64.0 Å². The molecule has 4 nitrogen and oxygen atoms in total. The summed E-state index contributed by atoms with van der Waals surface area (Å²) in [6.07, 6.45) is 2.75. The van der Waals surface area contributed by atoms with E-state index in [0.717, 1.165) is 18.3 Å². The summed E-state index contributed by atoms with van der Waals surface area (Å²) < 4.78 is 33.8. The maximum absolute atomic E-state index is 13.2. The van der Waals surface area contributed by atoms with Crippen molar-refractivity contribution in [3.8, 4) is 0 Å². The van der Waals surface area contributed by atoms with Crippen molar-refractivity contribution in [3.63, 3.8) is 0 Å². The largest absolute Gasteiger partial charge is 0.396 e. The van der Waals surface area contributed by atoms with Crippen LogP contribution in [0.2, 0.25) is 25.7 Å². The van der Waals surface area contributed by atoms with Gasteiger partial charge in [0.25, 0.3) is 0 Å². The van der Waals surface area contributed by atoms with Crippen LogP contribution in [-0.2, 0) is 17.9 Å². The van der Waals surface area contributed by atoms with E-state index in [1.807, 2.05) is 0 Å². The quantitative estimate of drug-likeness (QED) is 0.611. The van der Waals surface area contributed by atoms with Gasteiger partial charge in [0.15, 0.2) is 0 Å². The first kappa shape index (κ1) is 17.4. The average Bonchev–Trinajstić information content (AvgIpc) is 2.88. The second-order valence-electron chi connectivity index (χ2n) is 7.59. The SMILES string of the molecule is C[Si](C)(C)CCOCn1cc(N)c(CC2CCC(F)(F)C2)n1. The first-order valence-corrected chi connectivity index (χ1v) is 11.6. The Hall–Kier alpha value is -0.953. The van der Waals surface area contributed by atoms with Crippen LogP contribution in [0.5, 0.6) is 0 Å². The van der Waals surface area contributed by atoms with Gasteiger partial charge in [-0.15, -0.1) is 0 Å². The summed E-state index contributed by atoms with van der Waals surface area (Å²) in [7, 11) is -1.09. The fourth-order valence-corrected chi connectivity index (χ4v) is 3.48. The lowest BCUT2D eigenvalue weighted by molar-refractivity contribution is 0.00503. The van der Waals surface area contributed by atoms with Gasteiger partial charge in [0.05, 0.1) is 17.6 Å². The zero-order valence-corrected chi connectivity index (χ0v) is 14.7. The van der Waals surface area contributed by atoms with Crippen molar-refractivity contribution < 1.29 is 13.5 Å². The van der Waals surface area contributed by atoms with Gasteiger partial charge in [-0.3, -0.25) is 0 Å². The lowest BCUT2D eigenvalue weighted by atomic mass is 10.0.